The minimum Gasteiger partial charge on any atom is -0.459 e. The van der Waals surface area contributed by atoms with Crippen molar-refractivity contribution >= 4 is 50.2 Å². The standard InChI is InChI=1S/C12H15BrINO2/c1-12(2,3)17-11(16)7-15-10-5-4-8(14)6-9(10)13/h4-6,15H,7H2,1-3H3. The number of carbonyl (C=O) groups excluding carboxylic acids is 1. The Morgan fingerprint density at radius 3 is 2.65 bits per heavy atom. The summed E-state index contributed by atoms with van der Waals surface area (Å²) in [4.78, 5) is 11.5. The molecule has 0 aromatic heterocycles. The van der Waals surface area contributed by atoms with Gasteiger partial charge in [0.25, 0.3) is 0 Å². The highest BCUT2D eigenvalue weighted by Gasteiger charge is 2.15. The van der Waals surface area contributed by atoms with Crippen molar-refractivity contribution in [2.45, 2.75) is 26.4 Å². The molecule has 5 heteroatoms. The molecule has 0 bridgehead atoms. The first-order valence-electron chi connectivity index (χ1n) is 5.19. The Labute approximate surface area is 124 Å². The molecular weight excluding hydrogens is 397 g/mol. The highest BCUT2D eigenvalue weighted by atomic mass is 127. The van der Waals surface area contributed by atoms with Crippen LogP contribution < -0.4 is 5.32 Å². The molecule has 0 heterocycles. The van der Waals surface area contributed by atoms with E-state index in [-0.39, 0.29) is 12.5 Å². The molecule has 0 spiro atoms. The molecule has 1 aromatic carbocycles. The van der Waals surface area contributed by atoms with Gasteiger partial charge >= 0.3 is 5.97 Å². The predicted octanol–water partition coefficient (Wildman–Crippen LogP) is 3.81. The van der Waals surface area contributed by atoms with Crippen LogP contribution in [0.5, 0.6) is 0 Å². The summed E-state index contributed by atoms with van der Waals surface area (Å²) in [7, 11) is 0. The summed E-state index contributed by atoms with van der Waals surface area (Å²) in [5.74, 6) is -0.261. The van der Waals surface area contributed by atoms with Crippen LogP contribution in [0.2, 0.25) is 0 Å². The monoisotopic (exact) mass is 411 g/mol. The Hall–Kier alpha value is -0.300. The maximum Gasteiger partial charge on any atom is 0.325 e. The molecule has 0 amide bonds. The van der Waals surface area contributed by atoms with Crippen molar-refractivity contribution in [2.75, 3.05) is 11.9 Å². The summed E-state index contributed by atoms with van der Waals surface area (Å²) >= 11 is 5.67. The first-order chi connectivity index (χ1) is 7.78. The Morgan fingerprint density at radius 1 is 1.47 bits per heavy atom. The average Bonchev–Trinajstić information content (AvgIpc) is 2.13. The van der Waals surface area contributed by atoms with Crippen LogP contribution >= 0.6 is 38.5 Å². The fraction of sp³-hybridized carbons (Fsp3) is 0.417. The van der Waals surface area contributed by atoms with Gasteiger partial charge in [0.1, 0.15) is 12.1 Å². The number of nitrogens with one attached hydrogen (secondary N) is 1. The number of ether oxygens (including phenoxy) is 1. The zero-order valence-corrected chi connectivity index (χ0v) is 13.8. The van der Waals surface area contributed by atoms with Crippen LogP contribution in [0.4, 0.5) is 5.69 Å². The molecule has 0 saturated carbocycles. The van der Waals surface area contributed by atoms with Crippen LogP contribution in [0.25, 0.3) is 0 Å². The van der Waals surface area contributed by atoms with Gasteiger partial charge in [-0.15, -0.1) is 0 Å². The molecule has 0 aliphatic rings. The fourth-order valence-electron chi connectivity index (χ4n) is 1.18. The van der Waals surface area contributed by atoms with Crippen LogP contribution in [0, 0.1) is 3.57 Å². The lowest BCUT2D eigenvalue weighted by Gasteiger charge is -2.20. The van der Waals surface area contributed by atoms with Crippen molar-refractivity contribution in [1.82, 2.24) is 0 Å². The van der Waals surface area contributed by atoms with Crippen molar-refractivity contribution in [2.24, 2.45) is 0 Å². The lowest BCUT2D eigenvalue weighted by Crippen LogP contribution is -2.28. The largest absolute Gasteiger partial charge is 0.459 e. The first kappa shape index (κ1) is 14.8. The molecular formula is C12H15BrINO2. The van der Waals surface area contributed by atoms with E-state index in [1.54, 1.807) is 0 Å². The second-order valence-electron chi connectivity index (χ2n) is 4.56. The molecule has 0 unspecified atom stereocenters. The van der Waals surface area contributed by atoms with Crippen LogP contribution in [-0.4, -0.2) is 18.1 Å². The zero-order chi connectivity index (χ0) is 13.1. The molecule has 17 heavy (non-hydrogen) atoms. The third kappa shape index (κ3) is 5.72. The minimum atomic E-state index is -0.442. The number of carbonyl (C=O) groups is 1. The Morgan fingerprint density at radius 2 is 2.12 bits per heavy atom. The number of halogens is 2. The van der Waals surface area contributed by atoms with E-state index in [1.807, 2.05) is 39.0 Å². The van der Waals surface area contributed by atoms with Gasteiger partial charge in [-0.05, 0) is 77.5 Å². The topological polar surface area (TPSA) is 38.3 Å². The number of hydrogen-bond acceptors (Lipinski definition) is 3. The third-order valence-electron chi connectivity index (χ3n) is 1.77. The highest BCUT2D eigenvalue weighted by Crippen LogP contribution is 2.24. The van der Waals surface area contributed by atoms with Gasteiger partial charge in [-0.25, -0.2) is 0 Å². The number of esters is 1. The molecule has 1 N–H and O–H groups in total. The summed E-state index contributed by atoms with van der Waals surface area (Å²) in [6.45, 7) is 5.72. The number of rotatable bonds is 3. The SMILES string of the molecule is CC(C)(C)OC(=O)CNc1ccc(I)cc1Br. The molecule has 0 fully saturated rings. The normalized spacial score (nSPS) is 11.1. The van der Waals surface area contributed by atoms with E-state index in [0.717, 1.165) is 13.7 Å². The number of hydrogen-bond donors (Lipinski definition) is 1. The van der Waals surface area contributed by atoms with Crippen molar-refractivity contribution in [3.8, 4) is 0 Å². The molecule has 3 nitrogen and oxygen atoms in total. The summed E-state index contributed by atoms with van der Waals surface area (Å²) in [6.07, 6.45) is 0. The van der Waals surface area contributed by atoms with Crippen molar-refractivity contribution in [1.29, 1.82) is 0 Å². The van der Waals surface area contributed by atoms with Gasteiger partial charge in [0, 0.05) is 13.7 Å². The van der Waals surface area contributed by atoms with E-state index in [1.165, 1.54) is 0 Å². The Bertz CT molecular complexity index is 415. The van der Waals surface area contributed by atoms with Gasteiger partial charge in [0.05, 0.1) is 0 Å². The van der Waals surface area contributed by atoms with Gasteiger partial charge in [-0.2, -0.15) is 0 Å². The maximum absolute atomic E-state index is 11.5. The molecule has 1 aromatic rings. The lowest BCUT2D eigenvalue weighted by molar-refractivity contribution is -0.152. The van der Waals surface area contributed by atoms with Crippen LogP contribution in [0.1, 0.15) is 20.8 Å². The second kappa shape index (κ2) is 6.04. The van der Waals surface area contributed by atoms with Crippen molar-refractivity contribution in [3.63, 3.8) is 0 Å². The predicted molar refractivity (Wildman–Crippen MR) is 81.2 cm³/mol. The van der Waals surface area contributed by atoms with E-state index < -0.39 is 5.60 Å². The van der Waals surface area contributed by atoms with E-state index in [4.69, 9.17) is 4.74 Å². The second-order valence-corrected chi connectivity index (χ2v) is 6.66. The first-order valence-corrected chi connectivity index (χ1v) is 7.06. The van der Waals surface area contributed by atoms with Crippen LogP contribution in [0.15, 0.2) is 22.7 Å². The quantitative estimate of drug-likeness (QED) is 0.607. The molecule has 94 valence electrons. The van der Waals surface area contributed by atoms with E-state index in [0.29, 0.717) is 0 Å². The molecule has 0 atom stereocenters. The fourth-order valence-corrected chi connectivity index (χ4v) is 2.62. The number of benzene rings is 1. The molecule has 0 radical (unpaired) electrons. The Kier molecular flexibility index (Phi) is 5.24. The van der Waals surface area contributed by atoms with Crippen LogP contribution in [0.3, 0.4) is 0 Å². The van der Waals surface area contributed by atoms with Crippen molar-refractivity contribution < 1.29 is 9.53 Å². The average molecular weight is 412 g/mol. The zero-order valence-electron chi connectivity index (χ0n) is 10.0. The summed E-state index contributed by atoms with van der Waals surface area (Å²) < 4.78 is 7.28. The van der Waals surface area contributed by atoms with Gasteiger partial charge in [0.2, 0.25) is 0 Å². The summed E-state index contributed by atoms with van der Waals surface area (Å²) in [5, 5.41) is 3.04. The van der Waals surface area contributed by atoms with E-state index in [2.05, 4.69) is 43.8 Å². The number of anilines is 1. The molecule has 0 saturated heterocycles. The van der Waals surface area contributed by atoms with Gasteiger partial charge in [0.15, 0.2) is 0 Å². The van der Waals surface area contributed by atoms with Gasteiger partial charge in [-0.1, -0.05) is 0 Å². The smallest absolute Gasteiger partial charge is 0.325 e. The lowest BCUT2D eigenvalue weighted by atomic mass is 10.2. The van der Waals surface area contributed by atoms with Gasteiger partial charge in [-0.3, -0.25) is 4.79 Å². The summed E-state index contributed by atoms with van der Waals surface area (Å²) in [5.41, 5.74) is 0.443. The highest BCUT2D eigenvalue weighted by molar-refractivity contribution is 14.1. The molecule has 0 aliphatic carbocycles. The third-order valence-corrected chi connectivity index (χ3v) is 3.10. The maximum atomic E-state index is 11.5. The molecule has 0 aliphatic heterocycles. The van der Waals surface area contributed by atoms with E-state index >= 15 is 0 Å². The molecule has 1 rings (SSSR count). The van der Waals surface area contributed by atoms with Gasteiger partial charge < -0.3 is 10.1 Å². The van der Waals surface area contributed by atoms with Crippen molar-refractivity contribution in [3.05, 3.63) is 26.2 Å². The minimum absolute atomic E-state index is 0.163. The summed E-state index contributed by atoms with van der Waals surface area (Å²) in [6, 6.07) is 5.89. The Balaban J connectivity index is 2.53. The van der Waals surface area contributed by atoms with E-state index in [9.17, 15) is 4.79 Å². The van der Waals surface area contributed by atoms with Crippen LogP contribution in [-0.2, 0) is 9.53 Å².